The summed E-state index contributed by atoms with van der Waals surface area (Å²) in [6, 6.07) is 0.959. The van der Waals surface area contributed by atoms with E-state index in [1.54, 1.807) is 10.9 Å². The van der Waals surface area contributed by atoms with Gasteiger partial charge >= 0.3 is 0 Å². The molecule has 2 bridgehead atoms. The minimum atomic E-state index is 0.169. The Labute approximate surface area is 154 Å². The average Bonchev–Trinajstić information content (AvgIpc) is 2.81. The molecule has 0 N–H and O–H groups in total. The van der Waals surface area contributed by atoms with Crippen molar-refractivity contribution in [3.05, 3.63) is 16.9 Å². The van der Waals surface area contributed by atoms with Gasteiger partial charge in [-0.15, -0.1) is 0 Å². The second kappa shape index (κ2) is 7.25. The van der Waals surface area contributed by atoms with Crippen LogP contribution in [0.2, 0.25) is 5.02 Å². The van der Waals surface area contributed by atoms with E-state index in [4.69, 9.17) is 16.3 Å². The lowest BCUT2D eigenvalue weighted by molar-refractivity contribution is -0.136. The van der Waals surface area contributed by atoms with E-state index in [0.717, 1.165) is 57.8 Å². The van der Waals surface area contributed by atoms with Gasteiger partial charge in [0.15, 0.2) is 0 Å². The van der Waals surface area contributed by atoms with Crippen molar-refractivity contribution >= 4 is 17.5 Å². The molecular formula is C18H27ClN4O2. The molecule has 4 aliphatic rings. The van der Waals surface area contributed by atoms with Gasteiger partial charge in [-0.3, -0.25) is 14.4 Å². The van der Waals surface area contributed by atoms with Gasteiger partial charge in [0.2, 0.25) is 5.91 Å². The molecule has 0 saturated carbocycles. The van der Waals surface area contributed by atoms with E-state index in [1.165, 1.54) is 6.42 Å². The van der Waals surface area contributed by atoms with Crippen LogP contribution in [0.5, 0.6) is 0 Å². The van der Waals surface area contributed by atoms with Crippen molar-refractivity contribution in [1.29, 1.82) is 0 Å². The second-order valence-corrected chi connectivity index (χ2v) is 8.11. The van der Waals surface area contributed by atoms with Crippen LogP contribution in [0.4, 0.5) is 0 Å². The first kappa shape index (κ1) is 17.3. The Hall–Kier alpha value is -1.11. The number of fused-ring (bicyclic) bond motifs is 4. The van der Waals surface area contributed by atoms with Gasteiger partial charge in [0.1, 0.15) is 6.54 Å². The molecule has 2 atom stereocenters. The summed E-state index contributed by atoms with van der Waals surface area (Å²) in [5, 5.41) is 4.95. The summed E-state index contributed by atoms with van der Waals surface area (Å²) in [4.78, 5) is 17.6. The van der Waals surface area contributed by atoms with Crippen LogP contribution in [0.15, 0.2) is 6.20 Å². The van der Waals surface area contributed by atoms with Crippen LogP contribution in [0.1, 0.15) is 31.4 Å². The van der Waals surface area contributed by atoms with Crippen LogP contribution in [-0.2, 0) is 16.1 Å². The van der Waals surface area contributed by atoms with Gasteiger partial charge in [0, 0.05) is 51.1 Å². The standard InChI is InChI=1S/C18H27ClN4O2/c1-13-17(19)11-22(20-13)12-18(24)23-9-14-2-3-16(23)10-21(8-14)15-4-6-25-7-5-15/h11,14-16H,2-10,12H2,1H3/t14-,16+/m0/s1. The van der Waals surface area contributed by atoms with Crippen LogP contribution in [0.25, 0.3) is 0 Å². The highest BCUT2D eigenvalue weighted by Gasteiger charge is 2.39. The molecule has 138 valence electrons. The Kier molecular flexibility index (Phi) is 5.02. The van der Waals surface area contributed by atoms with E-state index in [1.807, 2.05) is 6.92 Å². The SMILES string of the molecule is Cc1nn(CC(=O)N2C[C@H]3CC[C@@H]2CN(C2CCOCC2)C3)cc1Cl. The van der Waals surface area contributed by atoms with Crippen LogP contribution in [0.3, 0.4) is 0 Å². The highest BCUT2D eigenvalue weighted by molar-refractivity contribution is 6.31. The lowest BCUT2D eigenvalue weighted by Crippen LogP contribution is -2.49. The van der Waals surface area contributed by atoms with Gasteiger partial charge < -0.3 is 9.64 Å². The first-order valence-electron chi connectivity index (χ1n) is 9.41. The zero-order valence-corrected chi connectivity index (χ0v) is 15.6. The normalized spacial score (nSPS) is 28.3. The number of hydrogen-bond donors (Lipinski definition) is 0. The number of carbonyl (C=O) groups excluding carboxylic acids is 1. The van der Waals surface area contributed by atoms with Gasteiger partial charge in [0.05, 0.1) is 10.7 Å². The summed E-state index contributed by atoms with van der Waals surface area (Å²) in [7, 11) is 0. The zero-order valence-electron chi connectivity index (χ0n) is 14.9. The fourth-order valence-corrected chi connectivity index (χ4v) is 4.73. The molecule has 25 heavy (non-hydrogen) atoms. The molecule has 6 nitrogen and oxygen atoms in total. The fourth-order valence-electron chi connectivity index (χ4n) is 4.58. The van der Waals surface area contributed by atoms with Crippen LogP contribution < -0.4 is 0 Å². The van der Waals surface area contributed by atoms with Gasteiger partial charge in [0.25, 0.3) is 0 Å². The van der Waals surface area contributed by atoms with Crippen molar-refractivity contribution in [3.63, 3.8) is 0 Å². The maximum absolute atomic E-state index is 12.9. The molecule has 4 aliphatic heterocycles. The molecule has 0 radical (unpaired) electrons. The summed E-state index contributed by atoms with van der Waals surface area (Å²) >= 11 is 6.07. The third kappa shape index (κ3) is 3.71. The van der Waals surface area contributed by atoms with Gasteiger partial charge in [-0.1, -0.05) is 11.6 Å². The molecule has 5 heterocycles. The first-order valence-corrected chi connectivity index (χ1v) is 9.79. The first-order chi connectivity index (χ1) is 12.1. The molecule has 7 heteroatoms. The number of carbonyl (C=O) groups is 1. The maximum atomic E-state index is 12.9. The molecule has 0 aliphatic carbocycles. The number of aromatic nitrogens is 2. The van der Waals surface area contributed by atoms with E-state index < -0.39 is 0 Å². The molecule has 4 fully saturated rings. The number of nitrogens with zero attached hydrogens (tertiary/aromatic N) is 4. The number of amides is 1. The van der Waals surface area contributed by atoms with Gasteiger partial charge in [-0.05, 0) is 38.5 Å². The van der Waals surface area contributed by atoms with Crippen molar-refractivity contribution in [3.8, 4) is 0 Å². The number of piperidine rings is 1. The highest BCUT2D eigenvalue weighted by Crippen LogP contribution is 2.31. The third-order valence-electron chi connectivity index (χ3n) is 5.95. The molecule has 0 aromatic carbocycles. The number of hydrogen-bond acceptors (Lipinski definition) is 4. The van der Waals surface area contributed by atoms with E-state index >= 15 is 0 Å². The monoisotopic (exact) mass is 366 g/mol. The third-order valence-corrected chi connectivity index (χ3v) is 6.32. The molecule has 0 unspecified atom stereocenters. The Morgan fingerprint density at radius 3 is 2.72 bits per heavy atom. The quantitative estimate of drug-likeness (QED) is 0.820. The smallest absolute Gasteiger partial charge is 0.244 e. The predicted octanol–water partition coefficient (Wildman–Crippen LogP) is 1.95. The summed E-state index contributed by atoms with van der Waals surface area (Å²) in [6.07, 6.45) is 6.35. The van der Waals surface area contributed by atoms with Crippen molar-refractivity contribution in [2.45, 2.75) is 51.2 Å². The minimum Gasteiger partial charge on any atom is -0.381 e. The van der Waals surface area contributed by atoms with E-state index in [2.05, 4.69) is 14.9 Å². The van der Waals surface area contributed by atoms with Crippen molar-refractivity contribution < 1.29 is 9.53 Å². The highest BCUT2D eigenvalue weighted by atomic mass is 35.5. The Bertz CT molecular complexity index is 609. The van der Waals surface area contributed by atoms with Gasteiger partial charge in [-0.25, -0.2) is 0 Å². The Balaban J connectivity index is 1.43. The molecule has 1 amide bonds. The second-order valence-electron chi connectivity index (χ2n) is 7.70. The zero-order chi connectivity index (χ0) is 17.4. The van der Waals surface area contributed by atoms with E-state index in [9.17, 15) is 4.79 Å². The van der Waals surface area contributed by atoms with Crippen molar-refractivity contribution in [1.82, 2.24) is 19.6 Å². The molecule has 1 aromatic heterocycles. The number of aryl methyl sites for hydroxylation is 1. The largest absolute Gasteiger partial charge is 0.381 e. The molecule has 0 spiro atoms. The average molecular weight is 367 g/mol. The number of rotatable bonds is 3. The van der Waals surface area contributed by atoms with E-state index in [-0.39, 0.29) is 12.5 Å². The number of ether oxygens (including phenoxy) is 1. The summed E-state index contributed by atoms with van der Waals surface area (Å²) in [5.41, 5.74) is 0.776. The van der Waals surface area contributed by atoms with Crippen LogP contribution >= 0.6 is 11.6 Å². The molecule has 1 aromatic rings. The predicted molar refractivity (Wildman–Crippen MR) is 95.6 cm³/mol. The molecule has 5 rings (SSSR count). The van der Waals surface area contributed by atoms with Crippen LogP contribution in [0, 0.1) is 12.8 Å². The van der Waals surface area contributed by atoms with Gasteiger partial charge in [-0.2, -0.15) is 5.10 Å². The molecular weight excluding hydrogens is 340 g/mol. The van der Waals surface area contributed by atoms with Crippen LogP contribution in [-0.4, -0.2) is 70.4 Å². The Morgan fingerprint density at radius 2 is 2.00 bits per heavy atom. The fraction of sp³-hybridized carbons (Fsp3) is 0.778. The lowest BCUT2D eigenvalue weighted by Gasteiger charge is -2.37. The van der Waals surface area contributed by atoms with E-state index in [0.29, 0.717) is 23.0 Å². The maximum Gasteiger partial charge on any atom is 0.244 e. The lowest BCUT2D eigenvalue weighted by atomic mass is 9.95. The Morgan fingerprint density at radius 1 is 1.20 bits per heavy atom. The molecule has 4 saturated heterocycles. The topological polar surface area (TPSA) is 50.6 Å². The summed E-state index contributed by atoms with van der Waals surface area (Å²) in [6.45, 7) is 6.91. The summed E-state index contributed by atoms with van der Waals surface area (Å²) < 4.78 is 7.19. The van der Waals surface area contributed by atoms with Crippen molar-refractivity contribution in [2.75, 3.05) is 32.8 Å². The minimum absolute atomic E-state index is 0.169. The van der Waals surface area contributed by atoms with Crippen molar-refractivity contribution in [2.24, 2.45) is 5.92 Å². The summed E-state index contributed by atoms with van der Waals surface area (Å²) in [5.74, 6) is 0.760. The number of halogens is 1.